The number of ether oxygens (including phenoxy) is 2. The third-order valence-corrected chi connectivity index (χ3v) is 6.79. The molecule has 2 heterocycles. The number of esters is 1. The maximum Gasteiger partial charge on any atom is 0.338 e. The predicted molar refractivity (Wildman–Crippen MR) is 137 cm³/mol. The van der Waals surface area contributed by atoms with Crippen LogP contribution in [0.15, 0.2) is 72.1 Å². The van der Waals surface area contributed by atoms with E-state index in [2.05, 4.69) is 0 Å². The molecule has 8 heteroatoms. The molecule has 1 aliphatic heterocycles. The second-order valence-corrected chi connectivity index (χ2v) is 9.15. The number of hydrogen-bond acceptors (Lipinski definition) is 6. The van der Waals surface area contributed by atoms with E-state index in [9.17, 15) is 9.59 Å². The van der Waals surface area contributed by atoms with E-state index in [1.165, 1.54) is 11.3 Å². The Morgan fingerprint density at radius 3 is 2.83 bits per heavy atom. The van der Waals surface area contributed by atoms with Crippen molar-refractivity contribution < 1.29 is 19.1 Å². The summed E-state index contributed by atoms with van der Waals surface area (Å²) in [5.41, 5.74) is 4.46. The van der Waals surface area contributed by atoms with E-state index in [1.54, 1.807) is 30.0 Å². The molecule has 1 aromatic heterocycles. The van der Waals surface area contributed by atoms with E-state index in [0.29, 0.717) is 35.2 Å². The van der Waals surface area contributed by atoms with Gasteiger partial charge in [-0.3, -0.25) is 4.79 Å². The largest absolute Gasteiger partial charge is 0.482 e. The van der Waals surface area contributed by atoms with Gasteiger partial charge < -0.3 is 14.4 Å². The van der Waals surface area contributed by atoms with Gasteiger partial charge in [0, 0.05) is 16.5 Å². The highest BCUT2D eigenvalue weighted by Gasteiger charge is 2.27. The molecule has 5 rings (SSSR count). The number of carbonyl (C=O) groups is 2. The van der Waals surface area contributed by atoms with E-state index in [4.69, 9.17) is 26.1 Å². The molecule has 0 saturated carbocycles. The molecule has 176 valence electrons. The number of fused-ring (bicyclic) bond motifs is 1. The molecule has 0 N–H and O–H groups in total. The fourth-order valence-corrected chi connectivity index (χ4v) is 5.04. The van der Waals surface area contributed by atoms with Crippen LogP contribution in [-0.4, -0.2) is 30.1 Å². The maximum absolute atomic E-state index is 12.8. The minimum atomic E-state index is -0.386. The third-order valence-electron chi connectivity index (χ3n) is 5.58. The Labute approximate surface area is 211 Å². The number of nitrogens with zero attached hydrogens (tertiary/aromatic N) is 2. The van der Waals surface area contributed by atoms with Crippen molar-refractivity contribution >= 4 is 40.5 Å². The normalized spacial score (nSPS) is 12.7. The molecule has 0 radical (unpaired) electrons. The second kappa shape index (κ2) is 9.90. The third kappa shape index (κ3) is 4.78. The van der Waals surface area contributed by atoms with Gasteiger partial charge >= 0.3 is 5.97 Å². The van der Waals surface area contributed by atoms with Crippen molar-refractivity contribution in [3.05, 3.63) is 88.3 Å². The van der Waals surface area contributed by atoms with Crippen LogP contribution in [0, 0.1) is 0 Å². The van der Waals surface area contributed by atoms with Gasteiger partial charge in [0.25, 0.3) is 5.91 Å². The lowest BCUT2D eigenvalue weighted by molar-refractivity contribution is -0.121. The van der Waals surface area contributed by atoms with Crippen LogP contribution in [0.2, 0.25) is 5.02 Å². The molecule has 4 aromatic rings. The number of aromatic nitrogens is 1. The highest BCUT2D eigenvalue weighted by molar-refractivity contribution is 7.13. The van der Waals surface area contributed by atoms with Crippen LogP contribution in [0.3, 0.4) is 0 Å². The summed E-state index contributed by atoms with van der Waals surface area (Å²) in [6.45, 7) is 2.32. The summed E-state index contributed by atoms with van der Waals surface area (Å²) in [5.74, 6) is 0.0749. The summed E-state index contributed by atoms with van der Waals surface area (Å²) in [5, 5.41) is 3.44. The number of carbonyl (C=O) groups excluding carboxylic acids is 2. The minimum absolute atomic E-state index is 0.0444. The van der Waals surface area contributed by atoms with Crippen molar-refractivity contribution in [1.29, 1.82) is 0 Å². The first kappa shape index (κ1) is 23.1. The van der Waals surface area contributed by atoms with Crippen molar-refractivity contribution in [2.24, 2.45) is 0 Å². The van der Waals surface area contributed by atoms with E-state index < -0.39 is 0 Å². The molecule has 0 spiro atoms. The lowest BCUT2D eigenvalue weighted by Crippen LogP contribution is -2.38. The highest BCUT2D eigenvalue weighted by atomic mass is 35.5. The summed E-state index contributed by atoms with van der Waals surface area (Å²) in [6, 6.07) is 20.4. The van der Waals surface area contributed by atoms with E-state index in [0.717, 1.165) is 27.4 Å². The molecule has 0 unspecified atom stereocenters. The Morgan fingerprint density at radius 1 is 1.14 bits per heavy atom. The zero-order valence-electron chi connectivity index (χ0n) is 18.9. The van der Waals surface area contributed by atoms with Crippen LogP contribution in [0.4, 0.5) is 5.69 Å². The maximum atomic E-state index is 12.8. The molecule has 6 nitrogen and oxygen atoms in total. The SMILES string of the molecule is CCOC(=O)c1cccc(CN2C(=O)COc3ccc(-c4csc(-c5ccccc5Cl)n4)cc32)c1. The molecule has 1 amide bonds. The standard InChI is InChI=1S/C27H21ClN2O4S/c1-2-33-27(32)19-7-5-6-17(12-19)14-30-23-13-18(10-11-24(23)34-15-25(30)31)22-16-35-26(29-22)20-8-3-4-9-21(20)28/h3-13,16H,2,14-15H2,1H3. The number of hydrogen-bond donors (Lipinski definition) is 0. The first-order chi connectivity index (χ1) is 17.0. The average molecular weight is 505 g/mol. The number of amides is 1. The fraction of sp³-hybridized carbons (Fsp3) is 0.148. The Morgan fingerprint density at radius 2 is 2.00 bits per heavy atom. The first-order valence-corrected chi connectivity index (χ1v) is 12.3. The molecular weight excluding hydrogens is 484 g/mol. The first-order valence-electron chi connectivity index (χ1n) is 11.1. The number of halogens is 1. The average Bonchev–Trinajstić information content (AvgIpc) is 3.36. The Balaban J connectivity index is 1.46. The second-order valence-electron chi connectivity index (χ2n) is 7.89. The molecule has 0 bridgehead atoms. The number of rotatable bonds is 6. The number of anilines is 1. The molecule has 3 aromatic carbocycles. The fourth-order valence-electron chi connectivity index (χ4n) is 3.89. The van der Waals surface area contributed by atoms with Crippen molar-refractivity contribution in [3.8, 4) is 27.6 Å². The minimum Gasteiger partial charge on any atom is -0.482 e. The number of thiazole rings is 1. The molecule has 1 aliphatic rings. The van der Waals surface area contributed by atoms with Gasteiger partial charge in [0.05, 0.1) is 35.1 Å². The summed E-state index contributed by atoms with van der Waals surface area (Å²) in [6.07, 6.45) is 0. The summed E-state index contributed by atoms with van der Waals surface area (Å²) < 4.78 is 10.8. The quantitative estimate of drug-likeness (QED) is 0.291. The van der Waals surface area contributed by atoms with Gasteiger partial charge in [-0.2, -0.15) is 0 Å². The van der Waals surface area contributed by atoms with Crippen LogP contribution in [0.25, 0.3) is 21.8 Å². The lowest BCUT2D eigenvalue weighted by atomic mass is 10.1. The van der Waals surface area contributed by atoms with Gasteiger partial charge in [-0.15, -0.1) is 11.3 Å². The summed E-state index contributed by atoms with van der Waals surface area (Å²) in [7, 11) is 0. The Hall–Kier alpha value is -3.68. The monoisotopic (exact) mass is 504 g/mol. The van der Waals surface area contributed by atoms with Gasteiger partial charge in [0.2, 0.25) is 0 Å². The zero-order valence-corrected chi connectivity index (χ0v) is 20.4. The lowest BCUT2D eigenvalue weighted by Gasteiger charge is -2.30. The summed E-state index contributed by atoms with van der Waals surface area (Å²) in [4.78, 5) is 31.4. The van der Waals surface area contributed by atoms with E-state index in [-0.39, 0.29) is 18.5 Å². The van der Waals surface area contributed by atoms with E-state index in [1.807, 2.05) is 53.9 Å². The van der Waals surface area contributed by atoms with Crippen molar-refractivity contribution in [3.63, 3.8) is 0 Å². The number of benzene rings is 3. The van der Waals surface area contributed by atoms with Crippen LogP contribution in [0.5, 0.6) is 5.75 Å². The van der Waals surface area contributed by atoms with Crippen LogP contribution < -0.4 is 9.64 Å². The van der Waals surface area contributed by atoms with Crippen LogP contribution >= 0.6 is 22.9 Å². The van der Waals surface area contributed by atoms with Crippen molar-refractivity contribution in [1.82, 2.24) is 4.98 Å². The van der Waals surface area contributed by atoms with Gasteiger partial charge in [0.15, 0.2) is 6.61 Å². The summed E-state index contributed by atoms with van der Waals surface area (Å²) >= 11 is 7.86. The van der Waals surface area contributed by atoms with Crippen LogP contribution in [-0.2, 0) is 16.1 Å². The van der Waals surface area contributed by atoms with Gasteiger partial charge in [-0.05, 0) is 48.9 Å². The molecule has 0 atom stereocenters. The molecule has 35 heavy (non-hydrogen) atoms. The van der Waals surface area contributed by atoms with Crippen molar-refractivity contribution in [2.45, 2.75) is 13.5 Å². The topological polar surface area (TPSA) is 68.7 Å². The Kier molecular flexibility index (Phi) is 6.53. The highest BCUT2D eigenvalue weighted by Crippen LogP contribution is 2.39. The van der Waals surface area contributed by atoms with E-state index >= 15 is 0 Å². The molecule has 0 saturated heterocycles. The van der Waals surface area contributed by atoms with Gasteiger partial charge in [-0.1, -0.05) is 41.9 Å². The Bertz CT molecular complexity index is 1420. The zero-order chi connectivity index (χ0) is 24.4. The van der Waals surface area contributed by atoms with Gasteiger partial charge in [0.1, 0.15) is 10.8 Å². The molecule has 0 fully saturated rings. The van der Waals surface area contributed by atoms with Crippen LogP contribution in [0.1, 0.15) is 22.8 Å². The molecule has 0 aliphatic carbocycles. The smallest absolute Gasteiger partial charge is 0.338 e. The molecular formula is C27H21ClN2O4S. The van der Waals surface area contributed by atoms with Gasteiger partial charge in [-0.25, -0.2) is 9.78 Å². The van der Waals surface area contributed by atoms with Crippen molar-refractivity contribution in [2.75, 3.05) is 18.1 Å². The predicted octanol–water partition coefficient (Wildman–Crippen LogP) is 6.23.